The number of Topliss-reactive ketones (excluding diaryl/α,β-unsaturated/α-hetero) is 2. The average Bonchev–Trinajstić information content (AvgIpc) is 3.10. The molecule has 0 bridgehead atoms. The summed E-state index contributed by atoms with van der Waals surface area (Å²) < 4.78 is 1.62. The summed E-state index contributed by atoms with van der Waals surface area (Å²) in [6.07, 6.45) is 0. The highest BCUT2D eigenvalue weighted by Gasteiger charge is 2.26. The van der Waals surface area contributed by atoms with Crippen LogP contribution in [0.15, 0.2) is 64.5 Å². The van der Waals surface area contributed by atoms with Gasteiger partial charge in [-0.3, -0.25) is 19.0 Å². The number of nitrogens with one attached hydrogen (secondary N) is 1. The SMILES string of the molecule is CC(=O)c1c(C)[nH]c(C(=O)C(C)Sc2nc3ccccc3c(=O)n2Cc2ccccc2)c1C. The van der Waals surface area contributed by atoms with E-state index in [0.29, 0.717) is 45.1 Å². The van der Waals surface area contributed by atoms with Gasteiger partial charge in [-0.05, 0) is 51.0 Å². The molecule has 0 amide bonds. The van der Waals surface area contributed by atoms with E-state index in [2.05, 4.69) is 4.98 Å². The monoisotopic (exact) mass is 459 g/mol. The van der Waals surface area contributed by atoms with Gasteiger partial charge >= 0.3 is 0 Å². The Morgan fingerprint density at radius 2 is 1.73 bits per heavy atom. The maximum atomic E-state index is 13.3. The van der Waals surface area contributed by atoms with E-state index in [1.165, 1.54) is 18.7 Å². The number of aromatic nitrogens is 3. The topological polar surface area (TPSA) is 84.8 Å². The lowest BCUT2D eigenvalue weighted by Crippen LogP contribution is -2.25. The van der Waals surface area contributed by atoms with Crippen molar-refractivity contribution in [3.05, 3.63) is 93.0 Å². The molecule has 0 aliphatic carbocycles. The highest BCUT2D eigenvalue weighted by Crippen LogP contribution is 2.28. The second-order valence-corrected chi connectivity index (χ2v) is 9.40. The lowest BCUT2D eigenvalue weighted by Gasteiger charge is -2.16. The van der Waals surface area contributed by atoms with Gasteiger partial charge in [0.05, 0.1) is 28.4 Å². The number of fused-ring (bicyclic) bond motifs is 1. The molecule has 1 unspecified atom stereocenters. The Bertz CT molecular complexity index is 1420. The molecule has 168 valence electrons. The van der Waals surface area contributed by atoms with Crippen LogP contribution in [0.2, 0.25) is 0 Å². The molecule has 0 aliphatic rings. The first-order valence-electron chi connectivity index (χ1n) is 10.7. The van der Waals surface area contributed by atoms with E-state index < -0.39 is 5.25 Å². The van der Waals surface area contributed by atoms with Gasteiger partial charge in [-0.15, -0.1) is 0 Å². The van der Waals surface area contributed by atoms with Gasteiger partial charge in [0.25, 0.3) is 5.56 Å². The predicted octanol–water partition coefficient (Wildman–Crippen LogP) is 4.96. The number of H-pyrrole nitrogens is 1. The molecule has 0 fully saturated rings. The van der Waals surface area contributed by atoms with Crippen molar-refractivity contribution >= 4 is 34.2 Å². The number of aromatic amines is 1. The van der Waals surface area contributed by atoms with E-state index in [9.17, 15) is 14.4 Å². The Morgan fingerprint density at radius 3 is 2.39 bits per heavy atom. The van der Waals surface area contributed by atoms with E-state index in [4.69, 9.17) is 4.98 Å². The van der Waals surface area contributed by atoms with Crippen LogP contribution in [0.1, 0.15) is 51.5 Å². The highest BCUT2D eigenvalue weighted by atomic mass is 32.2. The number of nitrogens with zero attached hydrogens (tertiary/aromatic N) is 2. The van der Waals surface area contributed by atoms with Gasteiger partial charge in [0.2, 0.25) is 0 Å². The molecule has 1 atom stereocenters. The molecule has 33 heavy (non-hydrogen) atoms. The van der Waals surface area contributed by atoms with E-state index in [0.717, 1.165) is 5.56 Å². The minimum absolute atomic E-state index is 0.0755. The van der Waals surface area contributed by atoms with Gasteiger partial charge in [0, 0.05) is 11.3 Å². The number of rotatable bonds is 7. The van der Waals surface area contributed by atoms with Crippen molar-refractivity contribution in [3.8, 4) is 0 Å². The van der Waals surface area contributed by atoms with Crippen LogP contribution in [-0.2, 0) is 6.54 Å². The predicted molar refractivity (Wildman–Crippen MR) is 131 cm³/mol. The van der Waals surface area contributed by atoms with E-state index >= 15 is 0 Å². The Labute approximate surface area is 196 Å². The van der Waals surface area contributed by atoms with Crippen molar-refractivity contribution < 1.29 is 9.59 Å². The summed E-state index contributed by atoms with van der Waals surface area (Å²) in [5.74, 6) is -0.213. The molecule has 2 heterocycles. The molecule has 2 aromatic heterocycles. The van der Waals surface area contributed by atoms with Crippen LogP contribution in [-0.4, -0.2) is 31.4 Å². The number of hydrogen-bond donors (Lipinski definition) is 1. The van der Waals surface area contributed by atoms with Gasteiger partial charge in [0.15, 0.2) is 16.7 Å². The third-order valence-electron chi connectivity index (χ3n) is 5.70. The summed E-state index contributed by atoms with van der Waals surface area (Å²) in [5, 5.41) is 0.506. The number of benzene rings is 2. The Hall–Kier alpha value is -3.45. The summed E-state index contributed by atoms with van der Waals surface area (Å²) in [6.45, 7) is 7.22. The molecule has 0 saturated heterocycles. The minimum atomic E-state index is -0.517. The maximum absolute atomic E-state index is 13.3. The van der Waals surface area contributed by atoms with Gasteiger partial charge < -0.3 is 4.98 Å². The molecular formula is C26H25N3O3S. The summed E-state index contributed by atoms with van der Waals surface area (Å²) in [7, 11) is 0. The molecule has 4 rings (SSSR count). The molecular weight excluding hydrogens is 434 g/mol. The van der Waals surface area contributed by atoms with Gasteiger partial charge in [-0.1, -0.05) is 54.2 Å². The Balaban J connectivity index is 1.74. The van der Waals surface area contributed by atoms with Crippen molar-refractivity contribution in [3.63, 3.8) is 0 Å². The normalized spacial score (nSPS) is 12.1. The minimum Gasteiger partial charge on any atom is -0.355 e. The summed E-state index contributed by atoms with van der Waals surface area (Å²) in [5.41, 5.74) is 3.75. The van der Waals surface area contributed by atoms with Crippen LogP contribution in [0.4, 0.5) is 0 Å². The third-order valence-corrected chi connectivity index (χ3v) is 6.79. The molecule has 7 heteroatoms. The molecule has 1 N–H and O–H groups in total. The fourth-order valence-electron chi connectivity index (χ4n) is 4.08. The summed E-state index contributed by atoms with van der Waals surface area (Å²) >= 11 is 1.25. The zero-order valence-electron chi connectivity index (χ0n) is 19.0. The van der Waals surface area contributed by atoms with Crippen LogP contribution in [0, 0.1) is 13.8 Å². The van der Waals surface area contributed by atoms with Crippen molar-refractivity contribution in [2.45, 2.75) is 44.6 Å². The average molecular weight is 460 g/mol. The van der Waals surface area contributed by atoms with Gasteiger partial charge in [0.1, 0.15) is 0 Å². The zero-order chi connectivity index (χ0) is 23.7. The number of hydrogen-bond acceptors (Lipinski definition) is 5. The molecule has 0 radical (unpaired) electrons. The van der Waals surface area contributed by atoms with Gasteiger partial charge in [-0.2, -0.15) is 0 Å². The van der Waals surface area contributed by atoms with Crippen molar-refractivity contribution in [1.29, 1.82) is 0 Å². The van der Waals surface area contributed by atoms with Crippen LogP contribution < -0.4 is 5.56 Å². The smallest absolute Gasteiger partial charge is 0.262 e. The largest absolute Gasteiger partial charge is 0.355 e. The number of carbonyl (C=O) groups is 2. The first-order valence-corrected chi connectivity index (χ1v) is 11.6. The van der Waals surface area contributed by atoms with Crippen LogP contribution in [0.25, 0.3) is 10.9 Å². The van der Waals surface area contributed by atoms with E-state index in [1.54, 1.807) is 37.5 Å². The first kappa shape index (κ1) is 22.7. The van der Waals surface area contributed by atoms with E-state index in [1.807, 2.05) is 42.5 Å². The first-order chi connectivity index (χ1) is 15.8. The Kier molecular flexibility index (Phi) is 6.33. The molecule has 6 nitrogen and oxygen atoms in total. The molecule has 0 saturated carbocycles. The van der Waals surface area contributed by atoms with Crippen molar-refractivity contribution in [1.82, 2.24) is 14.5 Å². The third kappa shape index (κ3) is 4.41. The quantitative estimate of drug-likeness (QED) is 0.240. The number of aryl methyl sites for hydroxylation is 1. The molecule has 0 aliphatic heterocycles. The zero-order valence-corrected chi connectivity index (χ0v) is 19.8. The van der Waals surface area contributed by atoms with Crippen LogP contribution in [0.5, 0.6) is 0 Å². The second-order valence-electron chi connectivity index (χ2n) is 8.09. The highest BCUT2D eigenvalue weighted by molar-refractivity contribution is 8.00. The Morgan fingerprint density at radius 1 is 1.06 bits per heavy atom. The lowest BCUT2D eigenvalue weighted by molar-refractivity contribution is 0.0988. The van der Waals surface area contributed by atoms with E-state index in [-0.39, 0.29) is 17.1 Å². The standard InChI is InChI=1S/C26H25N3O3S/c1-15-22(17(3)30)16(2)27-23(15)24(31)18(4)33-26-28-21-13-9-8-12-20(21)25(32)29(26)14-19-10-6-5-7-11-19/h5-13,18,27H,14H2,1-4H3. The molecule has 0 spiro atoms. The second kappa shape index (κ2) is 9.19. The number of para-hydroxylation sites is 1. The molecule has 4 aromatic rings. The lowest BCUT2D eigenvalue weighted by atomic mass is 10.0. The van der Waals surface area contributed by atoms with Crippen molar-refractivity contribution in [2.24, 2.45) is 0 Å². The van der Waals surface area contributed by atoms with Crippen molar-refractivity contribution in [2.75, 3.05) is 0 Å². The fraction of sp³-hybridized carbons (Fsp3) is 0.231. The number of carbonyl (C=O) groups excluding carboxylic acids is 2. The number of ketones is 2. The van der Waals surface area contributed by atoms with Crippen LogP contribution in [0.3, 0.4) is 0 Å². The number of thioether (sulfide) groups is 1. The van der Waals surface area contributed by atoms with Crippen LogP contribution >= 0.6 is 11.8 Å². The maximum Gasteiger partial charge on any atom is 0.262 e. The summed E-state index contributed by atoms with van der Waals surface area (Å²) in [4.78, 5) is 46.4. The molecule has 2 aromatic carbocycles. The fourth-order valence-corrected chi connectivity index (χ4v) is 5.05. The summed E-state index contributed by atoms with van der Waals surface area (Å²) in [6, 6.07) is 16.9. The van der Waals surface area contributed by atoms with Gasteiger partial charge in [-0.25, -0.2) is 4.98 Å².